The molecule has 1 aromatic carbocycles. The highest BCUT2D eigenvalue weighted by Gasteiger charge is 2.09. The second-order valence-electron chi connectivity index (χ2n) is 4.44. The van der Waals surface area contributed by atoms with Crippen molar-refractivity contribution >= 4 is 28.8 Å². The molecule has 0 aliphatic carbocycles. The van der Waals surface area contributed by atoms with Crippen molar-refractivity contribution in [2.45, 2.75) is 11.8 Å². The summed E-state index contributed by atoms with van der Waals surface area (Å²) in [5.74, 6) is -0.309. The van der Waals surface area contributed by atoms with Crippen LogP contribution in [0.1, 0.15) is 5.56 Å². The summed E-state index contributed by atoms with van der Waals surface area (Å²) in [6.45, 7) is 0.226. The molecule has 0 saturated heterocycles. The van der Waals surface area contributed by atoms with E-state index in [4.69, 9.17) is 4.74 Å². The van der Waals surface area contributed by atoms with Crippen molar-refractivity contribution in [2.75, 3.05) is 5.75 Å². The summed E-state index contributed by atoms with van der Waals surface area (Å²) < 4.78 is 5.15. The van der Waals surface area contributed by atoms with Gasteiger partial charge in [0.15, 0.2) is 10.8 Å². The number of esters is 1. The number of H-pyrrole nitrogens is 2. The molecule has 0 radical (unpaired) electrons. The third-order valence-corrected chi connectivity index (χ3v) is 3.71. The fraction of sp³-hybridized carbons (Fsp3) is 0.143. The lowest BCUT2D eigenvalue weighted by atomic mass is 10.2. The van der Waals surface area contributed by atoms with Crippen LogP contribution in [-0.4, -0.2) is 31.9 Å². The molecule has 0 atom stereocenters. The zero-order valence-corrected chi connectivity index (χ0v) is 12.2. The molecule has 2 aromatic heterocycles. The van der Waals surface area contributed by atoms with Crippen LogP contribution >= 0.6 is 11.8 Å². The van der Waals surface area contributed by atoms with Gasteiger partial charge in [0.25, 0.3) is 5.56 Å². The fourth-order valence-corrected chi connectivity index (χ4v) is 2.46. The maximum atomic E-state index is 11.7. The first kappa shape index (κ1) is 14.3. The standard InChI is InChI=1S/C14H12N4O3S/c19-11(21-7-9-4-2-1-3-5-9)8-22-14-16-12-10(6-15-18-12)13(20)17-14/h1-6H,7-8H2,(H2,15,16,17,18,20). The van der Waals surface area contributed by atoms with Crippen LogP contribution in [0.5, 0.6) is 0 Å². The Labute approximate surface area is 129 Å². The monoisotopic (exact) mass is 316 g/mol. The molecule has 0 amide bonds. The largest absolute Gasteiger partial charge is 0.460 e. The minimum atomic E-state index is -0.374. The highest BCUT2D eigenvalue weighted by atomic mass is 32.2. The second-order valence-corrected chi connectivity index (χ2v) is 5.40. The third-order valence-electron chi connectivity index (χ3n) is 2.87. The molecule has 3 rings (SSSR count). The molecule has 22 heavy (non-hydrogen) atoms. The normalized spacial score (nSPS) is 10.7. The van der Waals surface area contributed by atoms with E-state index in [9.17, 15) is 9.59 Å². The first-order valence-electron chi connectivity index (χ1n) is 6.48. The van der Waals surface area contributed by atoms with Crippen LogP contribution in [0.3, 0.4) is 0 Å². The molecular formula is C14H12N4O3S. The van der Waals surface area contributed by atoms with Crippen LogP contribution in [0, 0.1) is 0 Å². The molecule has 2 heterocycles. The molecule has 0 bridgehead atoms. The Morgan fingerprint density at radius 2 is 2.09 bits per heavy atom. The highest BCUT2D eigenvalue weighted by molar-refractivity contribution is 7.99. The van der Waals surface area contributed by atoms with E-state index < -0.39 is 0 Å². The quantitative estimate of drug-likeness (QED) is 0.420. The van der Waals surface area contributed by atoms with Gasteiger partial charge < -0.3 is 9.72 Å². The van der Waals surface area contributed by atoms with E-state index in [1.165, 1.54) is 6.20 Å². The van der Waals surface area contributed by atoms with Crippen LogP contribution in [0.2, 0.25) is 0 Å². The number of carbonyl (C=O) groups excluding carboxylic acids is 1. The Hall–Kier alpha value is -2.61. The van der Waals surface area contributed by atoms with Crippen molar-refractivity contribution in [1.82, 2.24) is 20.2 Å². The topological polar surface area (TPSA) is 101 Å². The third kappa shape index (κ3) is 3.34. The van der Waals surface area contributed by atoms with Gasteiger partial charge in [-0.2, -0.15) is 5.10 Å². The average molecular weight is 316 g/mol. The highest BCUT2D eigenvalue weighted by Crippen LogP contribution is 2.13. The Balaban J connectivity index is 1.57. The fourth-order valence-electron chi connectivity index (χ4n) is 1.80. The van der Waals surface area contributed by atoms with E-state index in [0.717, 1.165) is 17.3 Å². The summed E-state index contributed by atoms with van der Waals surface area (Å²) in [4.78, 5) is 30.2. The first-order chi connectivity index (χ1) is 10.7. The average Bonchev–Trinajstić information content (AvgIpc) is 3.01. The van der Waals surface area contributed by atoms with Gasteiger partial charge in [-0.15, -0.1) is 0 Å². The van der Waals surface area contributed by atoms with Gasteiger partial charge in [0.05, 0.1) is 11.9 Å². The summed E-state index contributed by atoms with van der Waals surface area (Å²) >= 11 is 1.11. The number of aromatic nitrogens is 4. The summed E-state index contributed by atoms with van der Waals surface area (Å²) in [6, 6.07) is 9.42. The summed E-state index contributed by atoms with van der Waals surface area (Å²) in [7, 11) is 0. The van der Waals surface area contributed by atoms with Crippen molar-refractivity contribution in [2.24, 2.45) is 0 Å². The van der Waals surface area contributed by atoms with Crippen molar-refractivity contribution in [3.63, 3.8) is 0 Å². The molecule has 2 N–H and O–H groups in total. The van der Waals surface area contributed by atoms with E-state index in [2.05, 4.69) is 20.2 Å². The molecule has 0 aliphatic rings. The predicted octanol–water partition coefficient (Wildman–Crippen LogP) is 1.48. The molecule has 0 unspecified atom stereocenters. The van der Waals surface area contributed by atoms with Crippen molar-refractivity contribution < 1.29 is 9.53 Å². The van der Waals surface area contributed by atoms with E-state index in [-0.39, 0.29) is 23.9 Å². The smallest absolute Gasteiger partial charge is 0.316 e. The van der Waals surface area contributed by atoms with Crippen molar-refractivity contribution in [1.29, 1.82) is 0 Å². The molecule has 112 valence electrons. The van der Waals surface area contributed by atoms with Gasteiger partial charge in [0, 0.05) is 0 Å². The summed E-state index contributed by atoms with van der Waals surface area (Å²) in [6.07, 6.45) is 1.41. The lowest BCUT2D eigenvalue weighted by Gasteiger charge is -2.04. The molecule has 0 aliphatic heterocycles. The molecule has 0 fully saturated rings. The predicted molar refractivity (Wildman–Crippen MR) is 81.5 cm³/mol. The van der Waals surface area contributed by atoms with E-state index >= 15 is 0 Å². The Morgan fingerprint density at radius 3 is 2.91 bits per heavy atom. The molecule has 0 spiro atoms. The van der Waals surface area contributed by atoms with Crippen LogP contribution < -0.4 is 5.56 Å². The van der Waals surface area contributed by atoms with Gasteiger partial charge in [-0.3, -0.25) is 14.7 Å². The van der Waals surface area contributed by atoms with Gasteiger partial charge >= 0.3 is 5.97 Å². The van der Waals surface area contributed by atoms with Gasteiger partial charge in [-0.05, 0) is 5.56 Å². The molecule has 3 aromatic rings. The van der Waals surface area contributed by atoms with Gasteiger partial charge in [-0.25, -0.2) is 4.98 Å². The number of hydrogen-bond donors (Lipinski definition) is 2. The minimum absolute atomic E-state index is 0.0649. The van der Waals surface area contributed by atoms with Crippen LogP contribution in [0.25, 0.3) is 11.0 Å². The van der Waals surface area contributed by atoms with E-state index in [1.54, 1.807) is 0 Å². The zero-order chi connectivity index (χ0) is 15.4. The van der Waals surface area contributed by atoms with Crippen LogP contribution in [0.15, 0.2) is 46.5 Å². The summed E-state index contributed by atoms with van der Waals surface area (Å²) in [5.41, 5.74) is 1.02. The van der Waals surface area contributed by atoms with Gasteiger partial charge in [0.1, 0.15) is 12.0 Å². The zero-order valence-electron chi connectivity index (χ0n) is 11.4. The number of nitrogens with zero attached hydrogens (tertiary/aromatic N) is 2. The molecule has 8 heteroatoms. The van der Waals surface area contributed by atoms with Gasteiger partial charge in [0.2, 0.25) is 0 Å². The Bertz CT molecular complexity index is 844. The Morgan fingerprint density at radius 1 is 1.27 bits per heavy atom. The SMILES string of the molecule is O=C(CSc1nc2[nH]ncc2c(=O)[nH]1)OCc1ccccc1. The minimum Gasteiger partial charge on any atom is -0.460 e. The Kier molecular flexibility index (Phi) is 4.19. The molecule has 0 saturated carbocycles. The van der Waals surface area contributed by atoms with Crippen molar-refractivity contribution in [3.05, 3.63) is 52.4 Å². The van der Waals surface area contributed by atoms with Crippen LogP contribution in [-0.2, 0) is 16.1 Å². The number of ether oxygens (including phenoxy) is 1. The number of benzene rings is 1. The maximum absolute atomic E-state index is 11.7. The summed E-state index contributed by atoms with van der Waals surface area (Å²) in [5, 5.41) is 7.11. The second kappa shape index (κ2) is 6.44. The number of carbonyl (C=O) groups is 1. The van der Waals surface area contributed by atoms with E-state index in [0.29, 0.717) is 16.2 Å². The lowest BCUT2D eigenvalue weighted by Crippen LogP contribution is -2.11. The molecule has 7 nitrogen and oxygen atoms in total. The number of nitrogens with one attached hydrogen (secondary N) is 2. The van der Waals surface area contributed by atoms with E-state index in [1.807, 2.05) is 30.3 Å². The van der Waals surface area contributed by atoms with Crippen LogP contribution in [0.4, 0.5) is 0 Å². The van der Waals surface area contributed by atoms with Gasteiger partial charge in [-0.1, -0.05) is 42.1 Å². The maximum Gasteiger partial charge on any atom is 0.316 e. The van der Waals surface area contributed by atoms with Crippen molar-refractivity contribution in [3.8, 4) is 0 Å². The number of thioether (sulfide) groups is 1. The first-order valence-corrected chi connectivity index (χ1v) is 7.46. The number of fused-ring (bicyclic) bond motifs is 1. The molecular weight excluding hydrogens is 304 g/mol. The number of rotatable bonds is 5. The number of aromatic amines is 2. The number of hydrogen-bond acceptors (Lipinski definition) is 6. The lowest BCUT2D eigenvalue weighted by molar-refractivity contribution is -0.141.